The summed E-state index contributed by atoms with van der Waals surface area (Å²) in [6, 6.07) is 14.5. The minimum absolute atomic E-state index is 0.532. The maximum atomic E-state index is 5.74. The number of aromatic nitrogens is 1. The molecule has 1 aromatic heterocycles. The second-order valence-corrected chi connectivity index (χ2v) is 4.44. The van der Waals surface area contributed by atoms with Crippen molar-refractivity contribution in [3.8, 4) is 0 Å². The zero-order chi connectivity index (χ0) is 12.5. The van der Waals surface area contributed by atoms with Crippen LogP contribution in [0.5, 0.6) is 0 Å². The number of rotatable bonds is 2. The van der Waals surface area contributed by atoms with Crippen molar-refractivity contribution in [3.63, 3.8) is 0 Å². The van der Waals surface area contributed by atoms with E-state index in [2.05, 4.69) is 23.3 Å². The van der Waals surface area contributed by atoms with Crippen LogP contribution >= 0.6 is 0 Å². The van der Waals surface area contributed by atoms with E-state index in [1.165, 1.54) is 5.56 Å². The smallest absolute Gasteiger partial charge is 0.300 e. The minimum Gasteiger partial charge on any atom is -0.423 e. The lowest BCUT2D eigenvalue weighted by Gasteiger charge is -1.99. The van der Waals surface area contributed by atoms with E-state index in [0.29, 0.717) is 6.01 Å². The van der Waals surface area contributed by atoms with Gasteiger partial charge in [-0.15, -0.1) is 0 Å². The molecule has 3 rings (SSSR count). The van der Waals surface area contributed by atoms with Crippen LogP contribution in [0.25, 0.3) is 11.1 Å². The predicted molar refractivity (Wildman–Crippen MR) is 73.2 cm³/mol. The molecule has 0 saturated carbocycles. The highest BCUT2D eigenvalue weighted by Gasteiger charge is 2.08. The van der Waals surface area contributed by atoms with E-state index in [1.54, 1.807) is 0 Å². The van der Waals surface area contributed by atoms with E-state index >= 15 is 0 Å². The lowest BCUT2D eigenvalue weighted by molar-refractivity contribution is 0.620. The van der Waals surface area contributed by atoms with Gasteiger partial charge in [-0.3, -0.25) is 0 Å². The van der Waals surface area contributed by atoms with E-state index in [9.17, 15) is 0 Å². The van der Waals surface area contributed by atoms with Crippen LogP contribution in [0.3, 0.4) is 0 Å². The van der Waals surface area contributed by atoms with E-state index in [-0.39, 0.29) is 0 Å². The van der Waals surface area contributed by atoms with Gasteiger partial charge in [0.2, 0.25) is 0 Å². The molecule has 3 nitrogen and oxygen atoms in total. The van der Waals surface area contributed by atoms with E-state index in [0.717, 1.165) is 22.4 Å². The number of aryl methyl sites for hydroxylation is 2. The fourth-order valence-electron chi connectivity index (χ4n) is 2.08. The third-order valence-corrected chi connectivity index (χ3v) is 2.85. The predicted octanol–water partition coefficient (Wildman–Crippen LogP) is 4.19. The Morgan fingerprint density at radius 2 is 1.83 bits per heavy atom. The van der Waals surface area contributed by atoms with Gasteiger partial charge in [0.05, 0.1) is 0 Å². The van der Waals surface area contributed by atoms with Gasteiger partial charge in [0, 0.05) is 5.69 Å². The molecule has 0 atom stereocenters. The quantitative estimate of drug-likeness (QED) is 0.727. The van der Waals surface area contributed by atoms with Gasteiger partial charge in [0.1, 0.15) is 5.52 Å². The van der Waals surface area contributed by atoms with Gasteiger partial charge in [-0.25, -0.2) is 0 Å². The third kappa shape index (κ3) is 1.95. The fourth-order valence-corrected chi connectivity index (χ4v) is 2.08. The number of oxazole rings is 1. The number of nitrogens with zero attached hydrogens (tertiary/aromatic N) is 1. The fraction of sp³-hybridized carbons (Fsp3) is 0.133. The molecule has 0 aliphatic rings. The topological polar surface area (TPSA) is 38.1 Å². The molecule has 0 bridgehead atoms. The summed E-state index contributed by atoms with van der Waals surface area (Å²) in [5.41, 5.74) is 5.02. The first-order valence-electron chi connectivity index (χ1n) is 5.92. The summed E-state index contributed by atoms with van der Waals surface area (Å²) in [6.45, 7) is 4.10. The van der Waals surface area contributed by atoms with E-state index in [4.69, 9.17) is 4.42 Å². The normalized spacial score (nSPS) is 10.8. The third-order valence-electron chi connectivity index (χ3n) is 2.85. The largest absolute Gasteiger partial charge is 0.423 e. The summed E-state index contributed by atoms with van der Waals surface area (Å²) in [6.07, 6.45) is 0. The number of benzene rings is 2. The first kappa shape index (κ1) is 10.8. The van der Waals surface area contributed by atoms with Gasteiger partial charge >= 0.3 is 0 Å². The highest BCUT2D eigenvalue weighted by molar-refractivity contribution is 5.79. The van der Waals surface area contributed by atoms with Crippen LogP contribution in [0.15, 0.2) is 46.9 Å². The summed E-state index contributed by atoms with van der Waals surface area (Å²) < 4.78 is 5.74. The maximum absolute atomic E-state index is 5.74. The number of nitrogens with one attached hydrogen (secondary N) is 1. The lowest BCUT2D eigenvalue weighted by Crippen LogP contribution is -1.88. The highest BCUT2D eigenvalue weighted by atomic mass is 16.4. The standard InChI is InChI=1S/C15H14N2O/c1-10-8-11(2)14-13(9-10)17-15(18-14)16-12-6-4-3-5-7-12/h3-9H,1-2H3,(H,16,17). The first-order chi connectivity index (χ1) is 8.72. The van der Waals surface area contributed by atoms with Gasteiger partial charge < -0.3 is 9.73 Å². The number of fused-ring (bicyclic) bond motifs is 1. The Labute approximate surface area is 105 Å². The summed E-state index contributed by atoms with van der Waals surface area (Å²) in [7, 11) is 0. The van der Waals surface area contributed by atoms with Crippen molar-refractivity contribution in [1.82, 2.24) is 4.98 Å². The van der Waals surface area contributed by atoms with Gasteiger partial charge in [-0.1, -0.05) is 24.3 Å². The van der Waals surface area contributed by atoms with Crippen molar-refractivity contribution >= 4 is 22.8 Å². The molecule has 1 N–H and O–H groups in total. The van der Waals surface area contributed by atoms with Crippen molar-refractivity contribution in [1.29, 1.82) is 0 Å². The second-order valence-electron chi connectivity index (χ2n) is 4.44. The Kier molecular flexibility index (Phi) is 2.52. The van der Waals surface area contributed by atoms with Gasteiger partial charge in [0.25, 0.3) is 6.01 Å². The Morgan fingerprint density at radius 1 is 1.06 bits per heavy atom. The monoisotopic (exact) mass is 238 g/mol. The van der Waals surface area contributed by atoms with Crippen LogP contribution in [0.1, 0.15) is 11.1 Å². The lowest BCUT2D eigenvalue weighted by atomic mass is 10.1. The molecule has 1 heterocycles. The molecular weight excluding hydrogens is 224 g/mol. The van der Waals surface area contributed by atoms with Crippen LogP contribution in [-0.2, 0) is 0 Å². The van der Waals surface area contributed by atoms with Gasteiger partial charge in [0.15, 0.2) is 5.58 Å². The average molecular weight is 238 g/mol. The molecule has 18 heavy (non-hydrogen) atoms. The van der Waals surface area contributed by atoms with Crippen molar-refractivity contribution < 1.29 is 4.42 Å². The van der Waals surface area contributed by atoms with E-state index < -0.39 is 0 Å². The summed E-state index contributed by atoms with van der Waals surface area (Å²) in [4.78, 5) is 4.45. The molecule has 2 aromatic carbocycles. The van der Waals surface area contributed by atoms with Crippen LogP contribution in [0.4, 0.5) is 11.7 Å². The molecule has 90 valence electrons. The van der Waals surface area contributed by atoms with Crippen LogP contribution in [0, 0.1) is 13.8 Å². The number of anilines is 2. The van der Waals surface area contributed by atoms with Crippen molar-refractivity contribution in [2.75, 3.05) is 5.32 Å². The summed E-state index contributed by atoms with van der Waals surface area (Å²) in [5.74, 6) is 0. The van der Waals surface area contributed by atoms with Crippen LogP contribution in [0.2, 0.25) is 0 Å². The molecule has 0 amide bonds. The molecule has 0 fully saturated rings. The SMILES string of the molecule is Cc1cc(C)c2oc(Nc3ccccc3)nc2c1. The molecule has 0 unspecified atom stereocenters. The Balaban J connectivity index is 2.01. The molecule has 0 radical (unpaired) electrons. The zero-order valence-corrected chi connectivity index (χ0v) is 10.4. The average Bonchev–Trinajstić information content (AvgIpc) is 2.73. The van der Waals surface area contributed by atoms with Crippen molar-refractivity contribution in [2.24, 2.45) is 0 Å². The van der Waals surface area contributed by atoms with Crippen LogP contribution < -0.4 is 5.32 Å². The zero-order valence-electron chi connectivity index (χ0n) is 10.4. The second kappa shape index (κ2) is 4.18. The molecular formula is C15H14N2O. The number of para-hydroxylation sites is 1. The highest BCUT2D eigenvalue weighted by Crippen LogP contribution is 2.25. The van der Waals surface area contributed by atoms with Gasteiger partial charge in [-0.05, 0) is 43.2 Å². The molecule has 3 heteroatoms. The molecule has 0 saturated heterocycles. The Hall–Kier alpha value is -2.29. The van der Waals surface area contributed by atoms with Crippen molar-refractivity contribution in [3.05, 3.63) is 53.6 Å². The maximum Gasteiger partial charge on any atom is 0.300 e. The first-order valence-corrected chi connectivity index (χ1v) is 5.92. The number of hydrogen-bond acceptors (Lipinski definition) is 3. The van der Waals surface area contributed by atoms with E-state index in [1.807, 2.05) is 43.3 Å². The number of hydrogen-bond donors (Lipinski definition) is 1. The Morgan fingerprint density at radius 3 is 2.61 bits per heavy atom. The van der Waals surface area contributed by atoms with Crippen molar-refractivity contribution in [2.45, 2.75) is 13.8 Å². The minimum atomic E-state index is 0.532. The van der Waals surface area contributed by atoms with Gasteiger partial charge in [-0.2, -0.15) is 4.98 Å². The molecule has 0 aliphatic carbocycles. The summed E-state index contributed by atoms with van der Waals surface area (Å²) >= 11 is 0. The molecule has 0 spiro atoms. The molecule has 0 aliphatic heterocycles. The van der Waals surface area contributed by atoms with Crippen LogP contribution in [-0.4, -0.2) is 4.98 Å². The Bertz CT molecular complexity index is 686. The molecule has 3 aromatic rings. The summed E-state index contributed by atoms with van der Waals surface area (Å²) in [5, 5.41) is 3.16.